The van der Waals surface area contributed by atoms with Crippen molar-refractivity contribution >= 4 is 44.4 Å². The fourth-order valence-corrected chi connectivity index (χ4v) is 6.80. The molecule has 8 nitrogen and oxygen atoms in total. The Balaban J connectivity index is 1.39. The number of amides is 1. The number of aromatic nitrogens is 2. The quantitative estimate of drug-likeness (QED) is 0.388. The molecule has 0 saturated carbocycles. The zero-order valence-corrected chi connectivity index (χ0v) is 22.4. The first-order valence-corrected chi connectivity index (χ1v) is 14.4. The highest BCUT2D eigenvalue weighted by atomic mass is 32.2. The molecule has 4 aromatic rings. The molecule has 2 atom stereocenters. The van der Waals surface area contributed by atoms with Gasteiger partial charge in [-0.2, -0.15) is 13.5 Å². The summed E-state index contributed by atoms with van der Waals surface area (Å²) in [5.74, 6) is -0.230. The third kappa shape index (κ3) is 5.51. The van der Waals surface area contributed by atoms with Gasteiger partial charge < -0.3 is 9.80 Å². The van der Waals surface area contributed by atoms with Crippen LogP contribution in [-0.4, -0.2) is 59.7 Å². The van der Waals surface area contributed by atoms with Gasteiger partial charge in [-0.05, 0) is 55.7 Å². The van der Waals surface area contributed by atoms with Crippen LogP contribution in [0.15, 0.2) is 77.7 Å². The average Bonchev–Trinajstić information content (AvgIpc) is 3.37. The summed E-state index contributed by atoms with van der Waals surface area (Å²) in [6, 6.07) is 21.8. The Labute approximate surface area is 221 Å². The number of hydrogen-bond donors (Lipinski definition) is 1. The molecule has 1 aliphatic heterocycles. The minimum Gasteiger partial charge on any atom is -0.365 e. The highest BCUT2D eigenvalue weighted by Gasteiger charge is 2.34. The number of hydrogen-bond acceptors (Lipinski definition) is 7. The lowest BCUT2D eigenvalue weighted by Crippen LogP contribution is -2.58. The van der Waals surface area contributed by atoms with Crippen LogP contribution in [0.3, 0.4) is 0 Å². The summed E-state index contributed by atoms with van der Waals surface area (Å²) in [7, 11) is -4.04. The molecule has 1 amide bonds. The molecule has 0 radical (unpaired) electrons. The highest BCUT2D eigenvalue weighted by molar-refractivity contribution is 7.89. The predicted molar refractivity (Wildman–Crippen MR) is 146 cm³/mol. The van der Waals surface area contributed by atoms with E-state index in [-0.39, 0.29) is 23.3 Å². The van der Waals surface area contributed by atoms with E-state index in [1.165, 1.54) is 11.6 Å². The number of sulfonamides is 1. The van der Waals surface area contributed by atoms with Crippen LogP contribution >= 0.6 is 11.7 Å². The molecule has 2 heterocycles. The van der Waals surface area contributed by atoms with Crippen molar-refractivity contribution in [2.24, 2.45) is 0 Å². The Hall–Kier alpha value is -3.34. The van der Waals surface area contributed by atoms with Gasteiger partial charge in [0.25, 0.3) is 0 Å². The first kappa shape index (κ1) is 25.3. The summed E-state index contributed by atoms with van der Waals surface area (Å²) in [6.45, 7) is 5.84. The maximum Gasteiger partial charge on any atom is 0.243 e. The van der Waals surface area contributed by atoms with E-state index in [2.05, 4.69) is 50.4 Å². The van der Waals surface area contributed by atoms with Crippen molar-refractivity contribution in [3.8, 4) is 0 Å². The molecule has 10 heteroatoms. The van der Waals surface area contributed by atoms with Gasteiger partial charge in [0.05, 0.1) is 11.7 Å². The molecule has 0 aliphatic carbocycles. The van der Waals surface area contributed by atoms with E-state index in [4.69, 9.17) is 0 Å². The second kappa shape index (κ2) is 10.6. The molecule has 1 saturated heterocycles. The molecule has 1 aromatic heterocycles. The monoisotopic (exact) mass is 535 g/mol. The zero-order chi connectivity index (χ0) is 26.0. The van der Waals surface area contributed by atoms with Crippen LogP contribution in [0.2, 0.25) is 0 Å². The van der Waals surface area contributed by atoms with Gasteiger partial charge in [-0.1, -0.05) is 48.5 Å². The SMILES string of the molecule is Cc1cccc(N2CCN(C(=O)C(Cc3ccccc3)NS(=O)(=O)c3cccc4nsnc34)CC2C)c1. The lowest BCUT2D eigenvalue weighted by atomic mass is 10.0. The van der Waals surface area contributed by atoms with Gasteiger partial charge in [-0.25, -0.2) is 8.42 Å². The van der Waals surface area contributed by atoms with Crippen LogP contribution in [0, 0.1) is 6.92 Å². The average molecular weight is 536 g/mol. The van der Waals surface area contributed by atoms with Gasteiger partial charge in [0.15, 0.2) is 0 Å². The molecule has 37 heavy (non-hydrogen) atoms. The minimum absolute atomic E-state index is 0.0299. The number of carbonyl (C=O) groups is 1. The van der Waals surface area contributed by atoms with Gasteiger partial charge in [-0.15, -0.1) is 0 Å². The van der Waals surface area contributed by atoms with Gasteiger partial charge in [-0.3, -0.25) is 4.79 Å². The number of piperazine rings is 1. The molecule has 1 fully saturated rings. The molecule has 1 aliphatic rings. The zero-order valence-electron chi connectivity index (χ0n) is 20.7. The smallest absolute Gasteiger partial charge is 0.243 e. The lowest BCUT2D eigenvalue weighted by Gasteiger charge is -2.42. The van der Waals surface area contributed by atoms with E-state index < -0.39 is 16.1 Å². The van der Waals surface area contributed by atoms with Crippen LogP contribution in [0.1, 0.15) is 18.1 Å². The molecule has 5 rings (SSSR count). The standard InChI is InChI=1S/C27H29N5O3S2/c1-19-8-6-11-22(16-19)32-15-14-31(18-20(32)2)27(33)24(17-21-9-4-3-5-10-21)30-37(34,35)25-13-7-12-23-26(25)29-36-28-23/h3-13,16,20,24,30H,14-15,17-18H2,1-2H3. The van der Waals surface area contributed by atoms with Crippen LogP contribution in [0.25, 0.3) is 11.0 Å². The first-order valence-electron chi connectivity index (χ1n) is 12.2. The molecule has 2 unspecified atom stereocenters. The normalized spacial score (nSPS) is 17.2. The topological polar surface area (TPSA) is 95.5 Å². The van der Waals surface area contributed by atoms with Crippen molar-refractivity contribution in [3.63, 3.8) is 0 Å². The van der Waals surface area contributed by atoms with Crippen molar-refractivity contribution in [1.82, 2.24) is 18.4 Å². The summed E-state index contributed by atoms with van der Waals surface area (Å²) in [4.78, 5) is 17.9. The first-order chi connectivity index (χ1) is 17.8. The summed E-state index contributed by atoms with van der Waals surface area (Å²) >= 11 is 0.961. The fourth-order valence-electron chi connectivity index (χ4n) is 4.85. The summed E-state index contributed by atoms with van der Waals surface area (Å²) < 4.78 is 38.1. The van der Waals surface area contributed by atoms with Crippen LogP contribution in [0.5, 0.6) is 0 Å². The largest absolute Gasteiger partial charge is 0.365 e. The van der Waals surface area contributed by atoms with Crippen molar-refractivity contribution < 1.29 is 13.2 Å². The predicted octanol–water partition coefficient (Wildman–Crippen LogP) is 3.63. The van der Waals surface area contributed by atoms with E-state index >= 15 is 0 Å². The van der Waals surface area contributed by atoms with Crippen LogP contribution < -0.4 is 9.62 Å². The van der Waals surface area contributed by atoms with Crippen LogP contribution in [0.4, 0.5) is 5.69 Å². The van der Waals surface area contributed by atoms with Gasteiger partial charge in [0, 0.05) is 31.4 Å². The van der Waals surface area contributed by atoms with Crippen LogP contribution in [-0.2, 0) is 21.2 Å². The van der Waals surface area contributed by atoms with Crippen molar-refractivity contribution in [1.29, 1.82) is 0 Å². The Bertz CT molecular complexity index is 1510. The number of fused-ring (bicyclic) bond motifs is 1. The molecule has 0 bridgehead atoms. The number of benzene rings is 3. The molecule has 192 valence electrons. The number of carbonyl (C=O) groups excluding carboxylic acids is 1. The summed E-state index contributed by atoms with van der Waals surface area (Å²) in [6.07, 6.45) is 0.247. The van der Waals surface area contributed by atoms with Gasteiger partial charge in [0.2, 0.25) is 15.9 Å². The number of nitrogens with one attached hydrogen (secondary N) is 1. The highest BCUT2D eigenvalue weighted by Crippen LogP contribution is 2.24. The third-order valence-electron chi connectivity index (χ3n) is 6.69. The Kier molecular flexibility index (Phi) is 7.23. The van der Waals surface area contributed by atoms with E-state index in [1.807, 2.05) is 36.4 Å². The van der Waals surface area contributed by atoms with E-state index in [1.54, 1.807) is 17.0 Å². The van der Waals surface area contributed by atoms with Crippen molar-refractivity contribution in [3.05, 3.63) is 83.9 Å². The Morgan fingerprint density at radius 2 is 1.84 bits per heavy atom. The molecular formula is C27H29N5O3S2. The Morgan fingerprint density at radius 3 is 2.59 bits per heavy atom. The number of anilines is 1. The van der Waals surface area contributed by atoms with Crippen molar-refractivity contribution in [2.75, 3.05) is 24.5 Å². The summed E-state index contributed by atoms with van der Waals surface area (Å²) in [5.41, 5.74) is 4.02. The number of rotatable bonds is 7. The number of aryl methyl sites for hydroxylation is 1. The fraction of sp³-hybridized carbons (Fsp3) is 0.296. The maximum atomic E-state index is 13.8. The van der Waals surface area contributed by atoms with Gasteiger partial charge >= 0.3 is 0 Å². The second-order valence-corrected chi connectivity index (χ2v) is 11.6. The van der Waals surface area contributed by atoms with Crippen molar-refractivity contribution in [2.45, 2.75) is 37.2 Å². The number of nitrogens with zero attached hydrogens (tertiary/aromatic N) is 4. The van der Waals surface area contributed by atoms with E-state index in [0.717, 1.165) is 23.0 Å². The molecule has 0 spiro atoms. The minimum atomic E-state index is -4.04. The van der Waals surface area contributed by atoms with E-state index in [0.29, 0.717) is 30.7 Å². The Morgan fingerprint density at radius 1 is 1.05 bits per heavy atom. The van der Waals surface area contributed by atoms with E-state index in [9.17, 15) is 13.2 Å². The maximum absolute atomic E-state index is 13.8. The second-order valence-electron chi connectivity index (χ2n) is 9.42. The third-order valence-corrected chi connectivity index (χ3v) is 8.73. The molecule has 3 aromatic carbocycles. The lowest BCUT2D eigenvalue weighted by molar-refractivity contribution is -0.133. The molecular weight excluding hydrogens is 506 g/mol. The molecule has 1 N–H and O–H groups in total. The summed E-state index contributed by atoms with van der Waals surface area (Å²) in [5, 5.41) is 0. The van der Waals surface area contributed by atoms with Gasteiger partial charge in [0.1, 0.15) is 22.0 Å².